The lowest BCUT2D eigenvalue weighted by Crippen LogP contribution is -2.26. The van der Waals surface area contributed by atoms with Crippen molar-refractivity contribution in [1.82, 2.24) is 0 Å². The van der Waals surface area contributed by atoms with Crippen molar-refractivity contribution in [3.63, 3.8) is 0 Å². The van der Waals surface area contributed by atoms with E-state index in [-0.39, 0.29) is 6.23 Å². The Hall–Kier alpha value is 0.270. The van der Waals surface area contributed by atoms with Crippen LogP contribution in [0, 0.1) is 5.41 Å². The number of ether oxygens (including phenoxy) is 1. The highest BCUT2D eigenvalue weighted by molar-refractivity contribution is 8.00. The summed E-state index contributed by atoms with van der Waals surface area (Å²) in [4.78, 5) is 0. The van der Waals surface area contributed by atoms with Gasteiger partial charge in [-0.05, 0) is 24.0 Å². The maximum Gasteiger partial charge on any atom is 0.132 e. The first-order valence-electron chi connectivity index (χ1n) is 5.81. The second-order valence-corrected chi connectivity index (χ2v) is 7.56. The van der Waals surface area contributed by atoms with E-state index in [9.17, 15) is 0 Å². The molecule has 0 saturated carbocycles. The van der Waals surface area contributed by atoms with Gasteiger partial charge in [0.1, 0.15) is 12.3 Å². The molecule has 0 aromatic heterocycles. The molecule has 0 radical (unpaired) electrons. The molecule has 15 heavy (non-hydrogen) atoms. The van der Waals surface area contributed by atoms with Crippen LogP contribution in [0.4, 0.5) is 0 Å². The molecule has 2 N–H and O–H groups in total. The first-order chi connectivity index (χ1) is 6.76. The van der Waals surface area contributed by atoms with Crippen molar-refractivity contribution in [2.45, 2.75) is 64.5 Å². The maximum atomic E-state index is 5.68. The van der Waals surface area contributed by atoms with E-state index in [4.69, 9.17) is 10.5 Å². The van der Waals surface area contributed by atoms with Crippen LogP contribution < -0.4 is 5.73 Å². The predicted octanol–water partition coefficient (Wildman–Crippen LogP) is 3.01. The summed E-state index contributed by atoms with van der Waals surface area (Å²) < 4.78 is 5.64. The van der Waals surface area contributed by atoms with Gasteiger partial charge in [0.2, 0.25) is 0 Å². The molecule has 1 fully saturated rings. The molecule has 3 heteroatoms. The monoisotopic (exact) mass is 231 g/mol. The van der Waals surface area contributed by atoms with Crippen LogP contribution >= 0.6 is 11.8 Å². The van der Waals surface area contributed by atoms with E-state index in [0.29, 0.717) is 16.3 Å². The molecule has 1 rings (SSSR count). The lowest BCUT2D eigenvalue weighted by Gasteiger charge is -2.30. The van der Waals surface area contributed by atoms with Crippen LogP contribution in [0.15, 0.2) is 0 Å². The third kappa shape index (κ3) is 4.75. The lowest BCUT2D eigenvalue weighted by atomic mass is 10.0. The highest BCUT2D eigenvalue weighted by Crippen LogP contribution is 2.40. The molecule has 0 spiro atoms. The van der Waals surface area contributed by atoms with Crippen molar-refractivity contribution in [1.29, 1.82) is 0 Å². The van der Waals surface area contributed by atoms with Crippen LogP contribution in [0.25, 0.3) is 0 Å². The van der Waals surface area contributed by atoms with Crippen LogP contribution in [0.5, 0.6) is 0 Å². The summed E-state index contributed by atoms with van der Waals surface area (Å²) in [6, 6.07) is 0. The van der Waals surface area contributed by atoms with Gasteiger partial charge in [-0.3, -0.25) is 0 Å². The van der Waals surface area contributed by atoms with Gasteiger partial charge in [-0.2, -0.15) is 11.8 Å². The Balaban J connectivity index is 2.38. The van der Waals surface area contributed by atoms with Gasteiger partial charge in [0, 0.05) is 4.75 Å². The fourth-order valence-corrected chi connectivity index (χ4v) is 2.71. The molecule has 0 aromatic rings. The number of rotatable bonds is 5. The van der Waals surface area contributed by atoms with E-state index < -0.39 is 0 Å². The second-order valence-electron chi connectivity index (χ2n) is 6.00. The normalized spacial score (nSPS) is 30.0. The molecule has 0 bridgehead atoms. The molecule has 2 nitrogen and oxygen atoms in total. The highest BCUT2D eigenvalue weighted by Gasteiger charge is 2.41. The Labute approximate surface area is 98.3 Å². The van der Waals surface area contributed by atoms with Gasteiger partial charge in [0.05, 0.1) is 0 Å². The molecule has 1 aliphatic heterocycles. The number of epoxide rings is 1. The van der Waals surface area contributed by atoms with Crippen molar-refractivity contribution in [3.8, 4) is 0 Å². The fraction of sp³-hybridized carbons (Fsp3) is 1.00. The minimum Gasteiger partial charge on any atom is -0.353 e. The van der Waals surface area contributed by atoms with Crippen molar-refractivity contribution in [2.24, 2.45) is 11.1 Å². The lowest BCUT2D eigenvalue weighted by molar-refractivity contribution is 0.349. The minimum absolute atomic E-state index is 0.00566. The Kier molecular flexibility index (Phi) is 4.13. The topological polar surface area (TPSA) is 38.5 Å². The van der Waals surface area contributed by atoms with Gasteiger partial charge in [-0.1, -0.05) is 34.6 Å². The Morgan fingerprint density at radius 1 is 1.27 bits per heavy atom. The fourth-order valence-electron chi connectivity index (χ4n) is 1.44. The smallest absolute Gasteiger partial charge is 0.132 e. The number of hydrogen-bond donors (Lipinski definition) is 1. The Morgan fingerprint density at radius 2 is 1.80 bits per heavy atom. The van der Waals surface area contributed by atoms with E-state index in [1.807, 2.05) is 0 Å². The third-order valence-electron chi connectivity index (χ3n) is 2.86. The van der Waals surface area contributed by atoms with Gasteiger partial charge in [0.15, 0.2) is 0 Å². The van der Waals surface area contributed by atoms with E-state index in [1.165, 1.54) is 12.2 Å². The second kappa shape index (κ2) is 4.64. The van der Waals surface area contributed by atoms with E-state index in [0.717, 1.165) is 6.42 Å². The summed E-state index contributed by atoms with van der Waals surface area (Å²) in [6.07, 6.45) is 2.58. The molecule has 1 heterocycles. The first-order valence-corrected chi connectivity index (χ1v) is 6.79. The SMILES string of the molecule is CCC(C)(CC1OC1N)SCC(C)(C)C. The molecule has 1 saturated heterocycles. The van der Waals surface area contributed by atoms with Gasteiger partial charge in [-0.25, -0.2) is 0 Å². The number of hydrogen-bond acceptors (Lipinski definition) is 3. The van der Waals surface area contributed by atoms with Crippen molar-refractivity contribution in [2.75, 3.05) is 5.75 Å². The average Bonchev–Trinajstić information content (AvgIpc) is 2.77. The van der Waals surface area contributed by atoms with Crippen LogP contribution in [-0.4, -0.2) is 22.8 Å². The van der Waals surface area contributed by atoms with Crippen LogP contribution in [-0.2, 0) is 4.74 Å². The van der Waals surface area contributed by atoms with Gasteiger partial charge in [-0.15, -0.1) is 0 Å². The number of nitrogens with two attached hydrogens (primary N) is 1. The molecule has 0 aromatic carbocycles. The Bertz CT molecular complexity index is 214. The largest absolute Gasteiger partial charge is 0.353 e. The van der Waals surface area contributed by atoms with Crippen molar-refractivity contribution in [3.05, 3.63) is 0 Å². The first kappa shape index (κ1) is 13.3. The van der Waals surface area contributed by atoms with Crippen molar-refractivity contribution < 1.29 is 4.74 Å². The molecular weight excluding hydrogens is 206 g/mol. The predicted molar refractivity (Wildman–Crippen MR) is 68.1 cm³/mol. The molecule has 3 atom stereocenters. The zero-order valence-electron chi connectivity index (χ0n) is 10.7. The van der Waals surface area contributed by atoms with Gasteiger partial charge in [0.25, 0.3) is 0 Å². The molecule has 0 aliphatic carbocycles. The van der Waals surface area contributed by atoms with E-state index >= 15 is 0 Å². The van der Waals surface area contributed by atoms with Crippen LogP contribution in [0.1, 0.15) is 47.5 Å². The summed E-state index contributed by atoms with van der Waals surface area (Å²) in [5, 5.41) is 0. The number of thioether (sulfide) groups is 1. The molecule has 90 valence electrons. The Morgan fingerprint density at radius 3 is 2.13 bits per heavy atom. The average molecular weight is 231 g/mol. The third-order valence-corrected chi connectivity index (χ3v) is 5.02. The summed E-state index contributed by atoms with van der Waals surface area (Å²) in [5.74, 6) is 1.19. The molecule has 0 amide bonds. The zero-order valence-corrected chi connectivity index (χ0v) is 11.5. The van der Waals surface area contributed by atoms with Gasteiger partial charge >= 0.3 is 0 Å². The summed E-state index contributed by atoms with van der Waals surface area (Å²) in [5.41, 5.74) is 6.08. The molecule has 3 unspecified atom stereocenters. The van der Waals surface area contributed by atoms with Crippen LogP contribution in [0.2, 0.25) is 0 Å². The van der Waals surface area contributed by atoms with Crippen molar-refractivity contribution >= 4 is 11.8 Å². The van der Waals surface area contributed by atoms with Crippen LogP contribution in [0.3, 0.4) is 0 Å². The zero-order chi connectivity index (χ0) is 11.7. The minimum atomic E-state index is 0.00566. The quantitative estimate of drug-likeness (QED) is 0.739. The maximum absolute atomic E-state index is 5.68. The molecule has 1 aliphatic rings. The van der Waals surface area contributed by atoms with E-state index in [1.54, 1.807) is 0 Å². The summed E-state index contributed by atoms with van der Waals surface area (Å²) in [6.45, 7) is 11.4. The summed E-state index contributed by atoms with van der Waals surface area (Å²) in [7, 11) is 0. The summed E-state index contributed by atoms with van der Waals surface area (Å²) >= 11 is 2.07. The highest BCUT2D eigenvalue weighted by atomic mass is 32.2. The van der Waals surface area contributed by atoms with E-state index in [2.05, 4.69) is 46.4 Å². The van der Waals surface area contributed by atoms with Gasteiger partial charge < -0.3 is 10.5 Å². The standard InChI is InChI=1S/C12H25NOS/c1-6-12(5,7-9-10(13)14-9)15-8-11(2,3)4/h9-10H,6-8,13H2,1-5H3. The molecular formula is C12H25NOS.